The van der Waals surface area contributed by atoms with Gasteiger partial charge in [0.05, 0.1) is 36.0 Å². The molecule has 1 fully saturated rings. The minimum Gasteiger partial charge on any atom is -0.394 e. The highest BCUT2D eigenvalue weighted by molar-refractivity contribution is 5.52. The van der Waals surface area contributed by atoms with E-state index in [0.29, 0.717) is 25.4 Å². The molecule has 1 aliphatic rings. The number of hydrogen-bond acceptors (Lipinski definition) is 5. The van der Waals surface area contributed by atoms with E-state index >= 15 is 0 Å². The second-order valence-electron chi connectivity index (χ2n) is 4.01. The Labute approximate surface area is 103 Å². The van der Waals surface area contributed by atoms with Crippen molar-refractivity contribution in [2.75, 3.05) is 31.2 Å². The second-order valence-corrected chi connectivity index (χ2v) is 4.01. The van der Waals surface area contributed by atoms with Crippen LogP contribution in [0, 0.1) is 15.9 Å². The zero-order chi connectivity index (χ0) is 13.1. The molecule has 1 heterocycles. The van der Waals surface area contributed by atoms with E-state index < -0.39 is 10.7 Å². The maximum Gasteiger partial charge on any atom is 0.272 e. The third-order valence-corrected chi connectivity index (χ3v) is 2.83. The number of benzene rings is 1. The molecular formula is C11H13FN2O4. The quantitative estimate of drug-likeness (QED) is 0.643. The zero-order valence-corrected chi connectivity index (χ0v) is 9.58. The van der Waals surface area contributed by atoms with E-state index in [4.69, 9.17) is 9.84 Å². The van der Waals surface area contributed by atoms with Gasteiger partial charge in [0.25, 0.3) is 5.69 Å². The maximum atomic E-state index is 13.8. The zero-order valence-electron chi connectivity index (χ0n) is 9.58. The van der Waals surface area contributed by atoms with E-state index in [1.165, 1.54) is 12.1 Å². The van der Waals surface area contributed by atoms with Crippen molar-refractivity contribution in [3.63, 3.8) is 0 Å². The highest BCUT2D eigenvalue weighted by Gasteiger charge is 2.23. The van der Waals surface area contributed by atoms with Gasteiger partial charge in [0.1, 0.15) is 0 Å². The van der Waals surface area contributed by atoms with Crippen molar-refractivity contribution in [3.8, 4) is 0 Å². The topological polar surface area (TPSA) is 75.8 Å². The summed E-state index contributed by atoms with van der Waals surface area (Å²) in [7, 11) is 0. The van der Waals surface area contributed by atoms with Gasteiger partial charge in [-0.25, -0.2) is 4.39 Å². The number of nitro benzene ring substituents is 1. The average Bonchev–Trinajstić information content (AvgIpc) is 2.38. The molecule has 1 aromatic rings. The summed E-state index contributed by atoms with van der Waals surface area (Å²) in [5.41, 5.74) is 0.0190. The fourth-order valence-electron chi connectivity index (χ4n) is 1.91. The van der Waals surface area contributed by atoms with Crippen molar-refractivity contribution in [1.29, 1.82) is 0 Å². The van der Waals surface area contributed by atoms with Gasteiger partial charge in [0.15, 0.2) is 5.82 Å². The molecule has 7 heteroatoms. The summed E-state index contributed by atoms with van der Waals surface area (Å²) in [5.74, 6) is -0.636. The van der Waals surface area contributed by atoms with Crippen molar-refractivity contribution in [1.82, 2.24) is 0 Å². The van der Waals surface area contributed by atoms with Crippen LogP contribution in [-0.4, -0.2) is 42.4 Å². The van der Waals surface area contributed by atoms with Crippen LogP contribution >= 0.6 is 0 Å². The number of halogens is 1. The van der Waals surface area contributed by atoms with Crippen molar-refractivity contribution >= 4 is 11.4 Å². The van der Waals surface area contributed by atoms with Gasteiger partial charge in [-0.1, -0.05) is 0 Å². The Morgan fingerprint density at radius 1 is 1.61 bits per heavy atom. The summed E-state index contributed by atoms with van der Waals surface area (Å²) in [6.45, 7) is 1.11. The van der Waals surface area contributed by atoms with Gasteiger partial charge in [-0.15, -0.1) is 0 Å². The number of ether oxygens (including phenoxy) is 1. The van der Waals surface area contributed by atoms with Crippen LogP contribution in [0.15, 0.2) is 18.2 Å². The number of morpholine rings is 1. The maximum absolute atomic E-state index is 13.8. The molecule has 0 aliphatic carbocycles. The first-order valence-electron chi connectivity index (χ1n) is 5.53. The monoisotopic (exact) mass is 256 g/mol. The Kier molecular flexibility index (Phi) is 3.73. The number of nitro groups is 1. The minimum absolute atomic E-state index is 0.134. The summed E-state index contributed by atoms with van der Waals surface area (Å²) in [6, 6.07) is 3.55. The fraction of sp³-hybridized carbons (Fsp3) is 0.455. The number of nitrogens with zero attached hydrogens (tertiary/aromatic N) is 2. The number of non-ortho nitro benzene ring substituents is 1. The molecular weight excluding hydrogens is 243 g/mol. The van der Waals surface area contributed by atoms with Crippen molar-refractivity contribution in [2.24, 2.45) is 0 Å². The molecule has 0 aromatic heterocycles. The number of aliphatic hydroxyl groups excluding tert-OH is 1. The molecule has 1 atom stereocenters. The van der Waals surface area contributed by atoms with Gasteiger partial charge in [-0.3, -0.25) is 10.1 Å². The molecule has 1 saturated heterocycles. The molecule has 1 aliphatic heterocycles. The number of hydrogen-bond donors (Lipinski definition) is 1. The second kappa shape index (κ2) is 5.28. The van der Waals surface area contributed by atoms with Crippen molar-refractivity contribution in [2.45, 2.75) is 6.10 Å². The van der Waals surface area contributed by atoms with Gasteiger partial charge in [0.2, 0.25) is 0 Å². The molecule has 98 valence electrons. The van der Waals surface area contributed by atoms with Crippen LogP contribution in [0.1, 0.15) is 0 Å². The van der Waals surface area contributed by atoms with Crippen LogP contribution in [0.3, 0.4) is 0 Å². The number of aliphatic hydroxyl groups is 1. The van der Waals surface area contributed by atoms with Gasteiger partial charge in [-0.05, 0) is 6.07 Å². The highest BCUT2D eigenvalue weighted by atomic mass is 19.1. The van der Waals surface area contributed by atoms with Gasteiger partial charge in [0, 0.05) is 19.2 Å². The molecule has 1 aromatic carbocycles. The molecule has 0 saturated carbocycles. The molecule has 0 spiro atoms. The molecule has 0 radical (unpaired) electrons. The highest BCUT2D eigenvalue weighted by Crippen LogP contribution is 2.25. The lowest BCUT2D eigenvalue weighted by Crippen LogP contribution is -2.44. The molecule has 6 nitrogen and oxygen atoms in total. The number of rotatable bonds is 3. The lowest BCUT2D eigenvalue weighted by molar-refractivity contribution is -0.385. The normalized spacial score (nSPS) is 19.9. The van der Waals surface area contributed by atoms with E-state index in [9.17, 15) is 14.5 Å². The summed E-state index contributed by atoms with van der Waals surface area (Å²) in [5, 5.41) is 19.5. The van der Waals surface area contributed by atoms with Gasteiger partial charge in [-0.2, -0.15) is 0 Å². The van der Waals surface area contributed by atoms with E-state index in [-0.39, 0.29) is 18.4 Å². The fourth-order valence-corrected chi connectivity index (χ4v) is 1.91. The predicted octanol–water partition coefficient (Wildman–Crippen LogP) is 0.931. The molecule has 1 N–H and O–H groups in total. The Morgan fingerprint density at radius 2 is 2.39 bits per heavy atom. The summed E-state index contributed by atoms with van der Waals surface area (Å²) < 4.78 is 19.0. The summed E-state index contributed by atoms with van der Waals surface area (Å²) in [4.78, 5) is 11.6. The van der Waals surface area contributed by atoms with Crippen LogP contribution in [0.4, 0.5) is 15.8 Å². The minimum atomic E-state index is -0.636. The molecule has 0 amide bonds. The van der Waals surface area contributed by atoms with Crippen LogP contribution in [0.2, 0.25) is 0 Å². The first kappa shape index (κ1) is 12.7. The Balaban J connectivity index is 2.20. The first-order chi connectivity index (χ1) is 8.61. The standard InChI is InChI=1S/C11H13FN2O4/c12-10-5-8(14(16)17)1-2-11(10)13-3-4-18-9(6-13)7-15/h1-2,5,9,15H,3-4,6-7H2. The van der Waals surface area contributed by atoms with E-state index in [1.807, 2.05) is 0 Å². The Morgan fingerprint density at radius 3 is 3.00 bits per heavy atom. The average molecular weight is 256 g/mol. The SMILES string of the molecule is O=[N+]([O-])c1ccc(N2CCOC(CO)C2)c(F)c1. The van der Waals surface area contributed by atoms with Crippen LogP contribution in [0.5, 0.6) is 0 Å². The van der Waals surface area contributed by atoms with Crippen LogP contribution in [0.25, 0.3) is 0 Å². The van der Waals surface area contributed by atoms with Gasteiger partial charge >= 0.3 is 0 Å². The number of anilines is 1. The first-order valence-corrected chi connectivity index (χ1v) is 5.53. The van der Waals surface area contributed by atoms with E-state index in [1.54, 1.807) is 4.90 Å². The largest absolute Gasteiger partial charge is 0.394 e. The molecule has 1 unspecified atom stereocenters. The van der Waals surface area contributed by atoms with Gasteiger partial charge < -0.3 is 14.7 Å². The lowest BCUT2D eigenvalue weighted by Gasteiger charge is -2.33. The molecule has 0 bridgehead atoms. The molecule has 2 rings (SSSR count). The lowest BCUT2D eigenvalue weighted by atomic mass is 10.2. The summed E-state index contributed by atoms with van der Waals surface area (Å²) in [6.07, 6.45) is -0.353. The van der Waals surface area contributed by atoms with Crippen molar-refractivity contribution in [3.05, 3.63) is 34.1 Å². The smallest absolute Gasteiger partial charge is 0.272 e. The van der Waals surface area contributed by atoms with E-state index in [0.717, 1.165) is 6.07 Å². The Hall–Kier alpha value is -1.73. The Bertz CT molecular complexity index is 455. The van der Waals surface area contributed by atoms with Crippen LogP contribution in [-0.2, 0) is 4.74 Å². The summed E-state index contributed by atoms with van der Waals surface area (Å²) >= 11 is 0. The third-order valence-electron chi connectivity index (χ3n) is 2.83. The van der Waals surface area contributed by atoms with Crippen molar-refractivity contribution < 1.29 is 19.2 Å². The predicted molar refractivity (Wildman–Crippen MR) is 62.1 cm³/mol. The third kappa shape index (κ3) is 2.57. The molecule has 18 heavy (non-hydrogen) atoms. The van der Waals surface area contributed by atoms with Crippen LogP contribution < -0.4 is 4.90 Å². The van der Waals surface area contributed by atoms with E-state index in [2.05, 4.69) is 0 Å².